The molecule has 7 heteroatoms. The standard InChI is InChI=1S/C23H23N5O2/c1-14-9-20-15(10-18(14)17-12-25-27(3)13-17)5-4-7-28(20)22-21-16(6-8-30-21)11-19(26-22)23(29)24-2/h6,8-13H,4-5,7H2,1-3H3,(H,24,29). The van der Waals surface area contributed by atoms with Gasteiger partial charge in [0.1, 0.15) is 5.69 Å². The molecule has 0 saturated heterocycles. The Bertz CT molecular complexity index is 1270. The first-order valence-corrected chi connectivity index (χ1v) is 10.1. The largest absolute Gasteiger partial charge is 0.460 e. The second-order valence-electron chi connectivity index (χ2n) is 7.70. The van der Waals surface area contributed by atoms with Crippen molar-refractivity contribution < 1.29 is 9.21 Å². The van der Waals surface area contributed by atoms with Crippen LogP contribution in [0.15, 0.2) is 47.3 Å². The van der Waals surface area contributed by atoms with Crippen LogP contribution in [-0.4, -0.2) is 34.3 Å². The van der Waals surface area contributed by atoms with Gasteiger partial charge in [0.25, 0.3) is 5.91 Å². The number of benzene rings is 1. The average molecular weight is 401 g/mol. The average Bonchev–Trinajstić information content (AvgIpc) is 3.40. The summed E-state index contributed by atoms with van der Waals surface area (Å²) in [4.78, 5) is 19.2. The predicted octanol–water partition coefficient (Wildman–Crippen LogP) is 3.98. The van der Waals surface area contributed by atoms with Crippen molar-refractivity contribution >= 4 is 28.4 Å². The van der Waals surface area contributed by atoms with Gasteiger partial charge in [-0.2, -0.15) is 5.10 Å². The summed E-state index contributed by atoms with van der Waals surface area (Å²) in [6.07, 6.45) is 7.57. The van der Waals surface area contributed by atoms with E-state index in [9.17, 15) is 4.79 Å². The van der Waals surface area contributed by atoms with Gasteiger partial charge in [-0.3, -0.25) is 9.48 Å². The summed E-state index contributed by atoms with van der Waals surface area (Å²) in [5.41, 5.74) is 6.94. The molecule has 0 atom stereocenters. The molecule has 0 bridgehead atoms. The quantitative estimate of drug-likeness (QED) is 0.562. The van der Waals surface area contributed by atoms with Crippen LogP contribution in [0.3, 0.4) is 0 Å². The first-order valence-electron chi connectivity index (χ1n) is 10.1. The van der Waals surface area contributed by atoms with Crippen LogP contribution in [0.4, 0.5) is 11.5 Å². The molecule has 0 aliphatic carbocycles. The van der Waals surface area contributed by atoms with E-state index >= 15 is 0 Å². The van der Waals surface area contributed by atoms with Crippen LogP contribution in [0, 0.1) is 6.92 Å². The fourth-order valence-corrected chi connectivity index (χ4v) is 4.21. The summed E-state index contributed by atoms with van der Waals surface area (Å²) >= 11 is 0. The molecule has 0 radical (unpaired) electrons. The van der Waals surface area contributed by atoms with E-state index in [-0.39, 0.29) is 5.91 Å². The highest BCUT2D eigenvalue weighted by atomic mass is 16.3. The lowest BCUT2D eigenvalue weighted by Gasteiger charge is -2.31. The first-order chi connectivity index (χ1) is 14.5. The van der Waals surface area contributed by atoms with E-state index < -0.39 is 0 Å². The Kier molecular flexibility index (Phi) is 4.31. The Morgan fingerprint density at radius 3 is 2.90 bits per heavy atom. The zero-order valence-corrected chi connectivity index (χ0v) is 17.3. The number of rotatable bonds is 3. The number of furan rings is 1. The van der Waals surface area contributed by atoms with Crippen LogP contribution in [0.2, 0.25) is 0 Å². The van der Waals surface area contributed by atoms with Crippen LogP contribution in [0.25, 0.3) is 22.1 Å². The second kappa shape index (κ2) is 7.02. The van der Waals surface area contributed by atoms with Gasteiger partial charge in [-0.05, 0) is 60.7 Å². The van der Waals surface area contributed by atoms with E-state index in [4.69, 9.17) is 4.42 Å². The van der Waals surface area contributed by atoms with Gasteiger partial charge in [0.2, 0.25) is 0 Å². The van der Waals surface area contributed by atoms with Crippen molar-refractivity contribution in [2.45, 2.75) is 19.8 Å². The molecule has 1 aliphatic heterocycles. The lowest BCUT2D eigenvalue weighted by atomic mass is 9.93. The van der Waals surface area contributed by atoms with E-state index in [1.807, 2.05) is 30.2 Å². The van der Waals surface area contributed by atoms with Gasteiger partial charge in [-0.1, -0.05) is 0 Å². The summed E-state index contributed by atoms with van der Waals surface area (Å²) < 4.78 is 7.59. The molecule has 1 aliphatic rings. The number of fused-ring (bicyclic) bond motifs is 2. The number of aryl methyl sites for hydroxylation is 3. The van der Waals surface area contributed by atoms with E-state index in [2.05, 4.69) is 39.4 Å². The molecule has 1 aromatic carbocycles. The molecule has 30 heavy (non-hydrogen) atoms. The molecule has 0 fully saturated rings. The molecule has 4 heterocycles. The fraction of sp³-hybridized carbons (Fsp3) is 0.261. The van der Waals surface area contributed by atoms with Gasteiger partial charge >= 0.3 is 0 Å². The molecule has 1 N–H and O–H groups in total. The summed E-state index contributed by atoms with van der Waals surface area (Å²) in [5.74, 6) is 0.477. The summed E-state index contributed by atoms with van der Waals surface area (Å²) in [5, 5.41) is 7.85. The van der Waals surface area contributed by atoms with Crippen LogP contribution >= 0.6 is 0 Å². The maximum absolute atomic E-state index is 12.3. The van der Waals surface area contributed by atoms with Gasteiger partial charge < -0.3 is 14.6 Å². The number of pyridine rings is 1. The van der Waals surface area contributed by atoms with E-state index in [0.717, 1.165) is 36.0 Å². The molecule has 0 spiro atoms. The van der Waals surface area contributed by atoms with Crippen molar-refractivity contribution in [2.24, 2.45) is 7.05 Å². The van der Waals surface area contributed by atoms with E-state index in [0.29, 0.717) is 17.1 Å². The summed E-state index contributed by atoms with van der Waals surface area (Å²) in [6, 6.07) is 8.10. The van der Waals surface area contributed by atoms with Gasteiger partial charge in [0.05, 0.1) is 12.5 Å². The zero-order chi connectivity index (χ0) is 20.8. The predicted molar refractivity (Wildman–Crippen MR) is 116 cm³/mol. The van der Waals surface area contributed by atoms with Crippen molar-refractivity contribution in [3.63, 3.8) is 0 Å². The number of nitrogens with one attached hydrogen (secondary N) is 1. The summed E-state index contributed by atoms with van der Waals surface area (Å²) in [7, 11) is 3.54. The molecule has 0 saturated carbocycles. The monoisotopic (exact) mass is 401 g/mol. The molecule has 7 nitrogen and oxygen atoms in total. The van der Waals surface area contributed by atoms with Crippen molar-refractivity contribution in [2.75, 3.05) is 18.5 Å². The maximum atomic E-state index is 12.3. The normalized spacial score (nSPS) is 13.5. The third-order valence-electron chi connectivity index (χ3n) is 5.69. The highest BCUT2D eigenvalue weighted by molar-refractivity contribution is 5.99. The molecule has 4 aromatic rings. The molecule has 1 amide bonds. The highest BCUT2D eigenvalue weighted by Gasteiger charge is 2.25. The summed E-state index contributed by atoms with van der Waals surface area (Å²) in [6.45, 7) is 2.94. The van der Waals surface area contributed by atoms with Gasteiger partial charge in [-0.25, -0.2) is 4.98 Å². The van der Waals surface area contributed by atoms with Crippen molar-refractivity contribution in [1.82, 2.24) is 20.1 Å². The van der Waals surface area contributed by atoms with Gasteiger partial charge in [-0.15, -0.1) is 0 Å². The molecule has 0 unspecified atom stereocenters. The second-order valence-corrected chi connectivity index (χ2v) is 7.70. The number of amides is 1. The first kappa shape index (κ1) is 18.4. The van der Waals surface area contributed by atoms with Crippen LogP contribution in [-0.2, 0) is 13.5 Å². The Morgan fingerprint density at radius 2 is 2.13 bits per heavy atom. The van der Waals surface area contributed by atoms with Crippen LogP contribution in [0.5, 0.6) is 0 Å². The number of hydrogen-bond donors (Lipinski definition) is 1. The number of carbonyl (C=O) groups is 1. The van der Waals surface area contributed by atoms with Crippen LogP contribution in [0.1, 0.15) is 28.0 Å². The van der Waals surface area contributed by atoms with Gasteiger partial charge in [0, 0.05) is 43.5 Å². The van der Waals surface area contributed by atoms with Crippen molar-refractivity contribution in [3.05, 3.63) is 59.7 Å². The molecular weight excluding hydrogens is 378 g/mol. The van der Waals surface area contributed by atoms with Gasteiger partial charge in [0.15, 0.2) is 11.4 Å². The Morgan fingerprint density at radius 1 is 1.27 bits per heavy atom. The number of carbonyl (C=O) groups excluding carboxylic acids is 1. The Labute approximate surface area is 174 Å². The Hall–Kier alpha value is -3.61. The van der Waals surface area contributed by atoms with Crippen molar-refractivity contribution in [3.8, 4) is 11.1 Å². The minimum absolute atomic E-state index is 0.209. The third-order valence-corrected chi connectivity index (χ3v) is 5.69. The highest BCUT2D eigenvalue weighted by Crippen LogP contribution is 2.40. The minimum atomic E-state index is -0.209. The smallest absolute Gasteiger partial charge is 0.269 e. The molecule has 3 aromatic heterocycles. The van der Waals surface area contributed by atoms with E-state index in [1.54, 1.807) is 19.4 Å². The number of aromatic nitrogens is 3. The number of anilines is 2. The fourth-order valence-electron chi connectivity index (χ4n) is 4.21. The minimum Gasteiger partial charge on any atom is -0.460 e. The molecular formula is C23H23N5O2. The third kappa shape index (κ3) is 2.94. The maximum Gasteiger partial charge on any atom is 0.269 e. The number of hydrogen-bond acceptors (Lipinski definition) is 5. The zero-order valence-electron chi connectivity index (χ0n) is 17.3. The number of nitrogens with zero attached hydrogens (tertiary/aromatic N) is 4. The van der Waals surface area contributed by atoms with Crippen LogP contribution < -0.4 is 10.2 Å². The lowest BCUT2D eigenvalue weighted by Crippen LogP contribution is -2.27. The van der Waals surface area contributed by atoms with Crippen molar-refractivity contribution in [1.29, 1.82) is 0 Å². The lowest BCUT2D eigenvalue weighted by molar-refractivity contribution is 0.0958. The molecule has 5 rings (SSSR count). The Balaban J connectivity index is 1.66. The SMILES string of the molecule is CNC(=O)c1cc2ccoc2c(N2CCCc3cc(-c4cnn(C)c4)c(C)cc32)n1. The van der Waals surface area contributed by atoms with E-state index in [1.165, 1.54) is 16.7 Å². The molecule has 152 valence electrons. The topological polar surface area (TPSA) is 76.2 Å².